The Morgan fingerprint density at radius 1 is 0.968 bits per heavy atom. The molecular weight excluding hydrogens is 388 g/mol. The van der Waals surface area contributed by atoms with E-state index in [2.05, 4.69) is 26.1 Å². The van der Waals surface area contributed by atoms with Gasteiger partial charge < -0.3 is 14.6 Å². The Morgan fingerprint density at radius 3 is 2.23 bits per heavy atom. The van der Waals surface area contributed by atoms with Gasteiger partial charge >= 0.3 is 0 Å². The fourth-order valence-electron chi connectivity index (χ4n) is 3.25. The molecule has 0 unspecified atom stereocenters. The van der Waals surface area contributed by atoms with Crippen LogP contribution in [0.2, 0.25) is 0 Å². The lowest BCUT2D eigenvalue weighted by atomic mass is 9.87. The van der Waals surface area contributed by atoms with Crippen molar-refractivity contribution < 1.29 is 14.0 Å². The molecule has 31 heavy (non-hydrogen) atoms. The number of carbonyl (C=O) groups is 2. The highest BCUT2D eigenvalue weighted by Gasteiger charge is 2.18. The first-order valence-electron chi connectivity index (χ1n) is 10.5. The van der Waals surface area contributed by atoms with E-state index in [0.717, 1.165) is 11.3 Å². The predicted octanol–water partition coefficient (Wildman–Crippen LogP) is 5.24. The maximum absolute atomic E-state index is 13.0. The molecule has 1 heterocycles. The first-order chi connectivity index (χ1) is 14.7. The number of hydrogen-bond donors (Lipinski definition) is 1. The maximum Gasteiger partial charge on any atom is 0.251 e. The van der Waals surface area contributed by atoms with E-state index < -0.39 is 0 Å². The summed E-state index contributed by atoms with van der Waals surface area (Å²) >= 11 is 0. The summed E-state index contributed by atoms with van der Waals surface area (Å²) in [6.45, 7) is 9.02. The predicted molar refractivity (Wildman–Crippen MR) is 123 cm³/mol. The first kappa shape index (κ1) is 22.3. The van der Waals surface area contributed by atoms with Gasteiger partial charge in [-0.1, -0.05) is 50.6 Å². The Bertz CT molecular complexity index is 998. The largest absolute Gasteiger partial charge is 0.467 e. The van der Waals surface area contributed by atoms with Crippen molar-refractivity contribution in [3.8, 4) is 0 Å². The summed E-state index contributed by atoms with van der Waals surface area (Å²) in [5, 5.41) is 2.85. The lowest BCUT2D eigenvalue weighted by Crippen LogP contribution is -2.34. The van der Waals surface area contributed by atoms with Crippen LogP contribution in [0.4, 0.5) is 5.69 Å². The number of amides is 2. The van der Waals surface area contributed by atoms with Gasteiger partial charge in [0, 0.05) is 24.2 Å². The molecule has 5 heteroatoms. The van der Waals surface area contributed by atoms with Crippen LogP contribution in [0.1, 0.15) is 54.4 Å². The molecule has 0 spiro atoms. The van der Waals surface area contributed by atoms with Crippen LogP contribution in [0.25, 0.3) is 0 Å². The van der Waals surface area contributed by atoms with Crippen molar-refractivity contribution in [1.29, 1.82) is 0 Å². The second kappa shape index (κ2) is 9.65. The standard InChI is InChI=1S/C26H30N2O3/c1-19-7-13-22(14-8-19)28(18-23-6-5-17-31-23)24(29)15-16-27-25(30)20-9-11-21(12-10-20)26(2,3)4/h5-14,17H,15-16,18H2,1-4H3,(H,27,30). The molecule has 5 nitrogen and oxygen atoms in total. The number of carbonyl (C=O) groups excluding carboxylic acids is 2. The lowest BCUT2D eigenvalue weighted by molar-refractivity contribution is -0.118. The van der Waals surface area contributed by atoms with Crippen LogP contribution in [0.15, 0.2) is 71.3 Å². The van der Waals surface area contributed by atoms with Gasteiger partial charge in [-0.05, 0) is 54.3 Å². The lowest BCUT2D eigenvalue weighted by Gasteiger charge is -2.22. The van der Waals surface area contributed by atoms with Crippen LogP contribution in [0.5, 0.6) is 0 Å². The third kappa shape index (κ3) is 6.07. The summed E-state index contributed by atoms with van der Waals surface area (Å²) in [7, 11) is 0. The van der Waals surface area contributed by atoms with Crippen LogP contribution in [0.3, 0.4) is 0 Å². The van der Waals surface area contributed by atoms with E-state index in [0.29, 0.717) is 17.9 Å². The third-order valence-electron chi connectivity index (χ3n) is 5.18. The first-order valence-corrected chi connectivity index (χ1v) is 10.5. The van der Waals surface area contributed by atoms with E-state index in [9.17, 15) is 9.59 Å². The number of benzene rings is 2. The van der Waals surface area contributed by atoms with E-state index in [4.69, 9.17) is 4.42 Å². The van der Waals surface area contributed by atoms with Crippen LogP contribution < -0.4 is 10.2 Å². The minimum absolute atomic E-state index is 0.0366. The average molecular weight is 419 g/mol. The molecule has 2 amide bonds. The molecule has 162 valence electrons. The number of rotatable bonds is 7. The van der Waals surface area contributed by atoms with Crippen molar-refractivity contribution in [1.82, 2.24) is 5.32 Å². The van der Waals surface area contributed by atoms with Gasteiger partial charge in [-0.2, -0.15) is 0 Å². The Morgan fingerprint density at radius 2 is 1.65 bits per heavy atom. The zero-order chi connectivity index (χ0) is 22.4. The SMILES string of the molecule is Cc1ccc(N(Cc2ccco2)C(=O)CCNC(=O)c2ccc(C(C)(C)C)cc2)cc1. The Labute approximate surface area is 184 Å². The number of anilines is 1. The molecule has 3 rings (SSSR count). The number of hydrogen-bond acceptors (Lipinski definition) is 3. The Balaban J connectivity index is 1.61. The average Bonchev–Trinajstić information content (AvgIpc) is 3.25. The molecule has 0 saturated carbocycles. The monoisotopic (exact) mass is 418 g/mol. The van der Waals surface area contributed by atoms with Crippen molar-refractivity contribution >= 4 is 17.5 Å². The maximum atomic E-state index is 13.0. The molecule has 0 aliphatic rings. The smallest absolute Gasteiger partial charge is 0.251 e. The fraction of sp³-hybridized carbons (Fsp3) is 0.308. The normalized spacial score (nSPS) is 11.2. The van der Waals surface area contributed by atoms with Gasteiger partial charge in [0.25, 0.3) is 5.91 Å². The second-order valence-corrected chi connectivity index (χ2v) is 8.73. The topological polar surface area (TPSA) is 62.6 Å². The van der Waals surface area contributed by atoms with Crippen molar-refractivity contribution in [3.05, 3.63) is 89.4 Å². The number of nitrogens with one attached hydrogen (secondary N) is 1. The highest BCUT2D eigenvalue weighted by Crippen LogP contribution is 2.22. The molecule has 1 aromatic heterocycles. The Hall–Kier alpha value is -3.34. The van der Waals surface area contributed by atoms with Crippen LogP contribution >= 0.6 is 0 Å². The fourth-order valence-corrected chi connectivity index (χ4v) is 3.25. The van der Waals surface area contributed by atoms with Crippen molar-refractivity contribution in [2.45, 2.75) is 46.1 Å². The number of aryl methyl sites for hydroxylation is 1. The van der Waals surface area contributed by atoms with Crippen LogP contribution in [-0.4, -0.2) is 18.4 Å². The molecule has 1 N–H and O–H groups in total. The summed E-state index contributed by atoms with van der Waals surface area (Å²) in [6.07, 6.45) is 1.79. The quantitative estimate of drug-likeness (QED) is 0.571. The Kier molecular flexibility index (Phi) is 6.95. The van der Waals surface area contributed by atoms with Gasteiger partial charge in [0.1, 0.15) is 5.76 Å². The van der Waals surface area contributed by atoms with Gasteiger partial charge in [-0.3, -0.25) is 9.59 Å². The number of furan rings is 1. The van der Waals surface area contributed by atoms with Crippen LogP contribution in [0, 0.1) is 6.92 Å². The molecule has 0 radical (unpaired) electrons. The number of nitrogens with zero attached hydrogens (tertiary/aromatic N) is 1. The minimum atomic E-state index is -0.179. The summed E-state index contributed by atoms with van der Waals surface area (Å²) in [6, 6.07) is 19.0. The van der Waals surface area contributed by atoms with Gasteiger partial charge in [0.2, 0.25) is 5.91 Å². The molecule has 0 aliphatic carbocycles. The molecular formula is C26H30N2O3. The summed E-state index contributed by atoms with van der Waals surface area (Å²) in [5.74, 6) is 0.446. The highest BCUT2D eigenvalue weighted by molar-refractivity contribution is 5.96. The summed E-state index contributed by atoms with van der Waals surface area (Å²) < 4.78 is 5.43. The van der Waals surface area contributed by atoms with Gasteiger partial charge in [0.05, 0.1) is 12.8 Å². The minimum Gasteiger partial charge on any atom is -0.467 e. The van der Waals surface area contributed by atoms with E-state index in [1.54, 1.807) is 17.2 Å². The van der Waals surface area contributed by atoms with Crippen molar-refractivity contribution in [3.63, 3.8) is 0 Å². The summed E-state index contributed by atoms with van der Waals surface area (Å²) in [4.78, 5) is 27.1. The molecule has 0 aliphatic heterocycles. The van der Waals surface area contributed by atoms with E-state index in [-0.39, 0.29) is 30.2 Å². The molecule has 0 atom stereocenters. The van der Waals surface area contributed by atoms with Gasteiger partial charge in [-0.15, -0.1) is 0 Å². The molecule has 0 saturated heterocycles. The second-order valence-electron chi connectivity index (χ2n) is 8.73. The van der Waals surface area contributed by atoms with Crippen molar-refractivity contribution in [2.24, 2.45) is 0 Å². The van der Waals surface area contributed by atoms with E-state index >= 15 is 0 Å². The van der Waals surface area contributed by atoms with Gasteiger partial charge in [0.15, 0.2) is 0 Å². The molecule has 0 fully saturated rings. The molecule has 2 aromatic carbocycles. The van der Waals surface area contributed by atoms with E-state index in [1.807, 2.05) is 61.5 Å². The van der Waals surface area contributed by atoms with E-state index in [1.165, 1.54) is 5.56 Å². The van der Waals surface area contributed by atoms with Crippen molar-refractivity contribution in [2.75, 3.05) is 11.4 Å². The zero-order valence-corrected chi connectivity index (χ0v) is 18.6. The zero-order valence-electron chi connectivity index (χ0n) is 18.6. The van der Waals surface area contributed by atoms with Gasteiger partial charge in [-0.25, -0.2) is 0 Å². The molecule has 0 bridgehead atoms. The molecule has 3 aromatic rings. The summed E-state index contributed by atoms with van der Waals surface area (Å²) in [5.41, 5.74) is 3.72. The van der Waals surface area contributed by atoms with Crippen LogP contribution in [-0.2, 0) is 16.8 Å². The third-order valence-corrected chi connectivity index (χ3v) is 5.18. The highest BCUT2D eigenvalue weighted by atomic mass is 16.3.